The largest absolute Gasteiger partial charge is 0.483 e. The molecule has 106 valence electrons. The van der Waals surface area contributed by atoms with E-state index in [-0.39, 0.29) is 19.1 Å². The normalized spacial score (nSPS) is 10.3. The minimum Gasteiger partial charge on any atom is -0.483 e. The molecule has 0 spiro atoms. The predicted molar refractivity (Wildman–Crippen MR) is 78.7 cm³/mol. The van der Waals surface area contributed by atoms with Gasteiger partial charge >= 0.3 is 0 Å². The standard InChI is InChI=1S/C15H17NO3S/c1-16(9-13-6-4-8-20-13)15(18)11-19-14-7-3-2-5-12(14)10-17/h2-8,17H,9-11H2,1H3. The summed E-state index contributed by atoms with van der Waals surface area (Å²) in [6, 6.07) is 11.1. The zero-order valence-electron chi connectivity index (χ0n) is 11.3. The van der Waals surface area contributed by atoms with Gasteiger partial charge in [0.1, 0.15) is 5.75 Å². The molecule has 1 amide bonds. The summed E-state index contributed by atoms with van der Waals surface area (Å²) < 4.78 is 5.48. The van der Waals surface area contributed by atoms with Crippen LogP contribution in [0.25, 0.3) is 0 Å². The first-order valence-electron chi connectivity index (χ1n) is 6.28. The molecule has 5 heteroatoms. The number of ether oxygens (including phenoxy) is 1. The molecule has 0 saturated carbocycles. The van der Waals surface area contributed by atoms with Crippen LogP contribution in [0.3, 0.4) is 0 Å². The number of hydrogen-bond acceptors (Lipinski definition) is 4. The lowest BCUT2D eigenvalue weighted by Crippen LogP contribution is -2.30. The number of aliphatic hydroxyl groups excluding tert-OH is 1. The molecule has 0 bridgehead atoms. The van der Waals surface area contributed by atoms with Gasteiger partial charge in [-0.1, -0.05) is 24.3 Å². The van der Waals surface area contributed by atoms with E-state index in [4.69, 9.17) is 4.74 Å². The van der Waals surface area contributed by atoms with Crippen LogP contribution in [0.4, 0.5) is 0 Å². The molecular weight excluding hydrogens is 274 g/mol. The molecule has 0 aliphatic carbocycles. The molecule has 0 saturated heterocycles. The van der Waals surface area contributed by atoms with Crippen LogP contribution >= 0.6 is 11.3 Å². The van der Waals surface area contributed by atoms with Gasteiger partial charge < -0.3 is 14.7 Å². The first kappa shape index (κ1) is 14.6. The first-order chi connectivity index (χ1) is 9.70. The topological polar surface area (TPSA) is 49.8 Å². The smallest absolute Gasteiger partial charge is 0.260 e. The van der Waals surface area contributed by atoms with Crippen LogP contribution in [0, 0.1) is 0 Å². The van der Waals surface area contributed by atoms with Crippen LogP contribution in [0.2, 0.25) is 0 Å². The molecule has 1 aromatic carbocycles. The molecule has 1 N–H and O–H groups in total. The summed E-state index contributed by atoms with van der Waals surface area (Å²) in [6.45, 7) is 0.454. The Kier molecular flexibility index (Phi) is 5.15. The first-order valence-corrected chi connectivity index (χ1v) is 7.16. The lowest BCUT2D eigenvalue weighted by Gasteiger charge is -2.17. The minimum atomic E-state index is -0.102. The third-order valence-electron chi connectivity index (χ3n) is 2.89. The highest BCUT2D eigenvalue weighted by molar-refractivity contribution is 7.09. The minimum absolute atomic E-state index is 0.0289. The molecule has 20 heavy (non-hydrogen) atoms. The number of hydrogen-bond donors (Lipinski definition) is 1. The number of thiophene rings is 1. The molecule has 0 unspecified atom stereocenters. The van der Waals surface area contributed by atoms with Gasteiger partial charge in [0.2, 0.25) is 0 Å². The fourth-order valence-corrected chi connectivity index (χ4v) is 2.51. The Hall–Kier alpha value is -1.85. The summed E-state index contributed by atoms with van der Waals surface area (Å²) >= 11 is 1.62. The molecule has 0 aliphatic heterocycles. The van der Waals surface area contributed by atoms with Crippen molar-refractivity contribution in [2.24, 2.45) is 0 Å². The summed E-state index contributed by atoms with van der Waals surface area (Å²) in [4.78, 5) is 14.8. The van der Waals surface area contributed by atoms with Gasteiger partial charge in [-0.2, -0.15) is 0 Å². The summed E-state index contributed by atoms with van der Waals surface area (Å²) in [7, 11) is 1.75. The van der Waals surface area contributed by atoms with E-state index in [9.17, 15) is 9.90 Å². The van der Waals surface area contributed by atoms with Crippen LogP contribution < -0.4 is 4.74 Å². The number of benzene rings is 1. The van der Waals surface area contributed by atoms with Crippen molar-refractivity contribution in [3.8, 4) is 5.75 Å². The predicted octanol–water partition coefficient (Wildman–Crippen LogP) is 2.28. The van der Waals surface area contributed by atoms with Crippen LogP contribution in [-0.4, -0.2) is 29.6 Å². The van der Waals surface area contributed by atoms with Crippen molar-refractivity contribution in [3.05, 3.63) is 52.2 Å². The van der Waals surface area contributed by atoms with Crippen LogP contribution in [0.1, 0.15) is 10.4 Å². The quantitative estimate of drug-likeness (QED) is 0.888. The van der Waals surface area contributed by atoms with E-state index in [1.54, 1.807) is 35.4 Å². The monoisotopic (exact) mass is 291 g/mol. The fraction of sp³-hybridized carbons (Fsp3) is 0.267. The molecule has 1 heterocycles. The van der Waals surface area contributed by atoms with E-state index in [1.807, 2.05) is 29.6 Å². The fourth-order valence-electron chi connectivity index (χ4n) is 1.75. The summed E-state index contributed by atoms with van der Waals surface area (Å²) in [5.74, 6) is 0.457. The number of likely N-dealkylation sites (N-methyl/N-ethyl adjacent to an activating group) is 1. The van der Waals surface area contributed by atoms with E-state index >= 15 is 0 Å². The molecule has 0 radical (unpaired) electrons. The van der Waals surface area contributed by atoms with Gasteiger partial charge in [-0.3, -0.25) is 4.79 Å². The Morgan fingerprint density at radius 3 is 2.80 bits per heavy atom. The molecule has 2 rings (SSSR count). The number of amides is 1. The number of carbonyl (C=O) groups excluding carboxylic acids is 1. The van der Waals surface area contributed by atoms with Crippen molar-refractivity contribution in [2.75, 3.05) is 13.7 Å². The number of carbonyl (C=O) groups is 1. The third kappa shape index (κ3) is 3.82. The van der Waals surface area contributed by atoms with Crippen LogP contribution in [0.15, 0.2) is 41.8 Å². The van der Waals surface area contributed by atoms with Gasteiger partial charge in [0.05, 0.1) is 13.2 Å². The van der Waals surface area contributed by atoms with Crippen molar-refractivity contribution < 1.29 is 14.6 Å². The van der Waals surface area contributed by atoms with Gasteiger partial charge in [0, 0.05) is 17.5 Å². The van der Waals surface area contributed by atoms with Gasteiger partial charge in [-0.15, -0.1) is 11.3 Å². The van der Waals surface area contributed by atoms with Gasteiger partial charge in [0.25, 0.3) is 5.91 Å². The van der Waals surface area contributed by atoms with Crippen LogP contribution in [0.5, 0.6) is 5.75 Å². The second-order valence-electron chi connectivity index (χ2n) is 4.38. The molecule has 0 aliphatic rings. The zero-order chi connectivity index (χ0) is 14.4. The summed E-state index contributed by atoms with van der Waals surface area (Å²) in [5, 5.41) is 11.2. The van der Waals surface area contributed by atoms with Gasteiger partial charge in [-0.05, 0) is 17.5 Å². The maximum Gasteiger partial charge on any atom is 0.260 e. The third-order valence-corrected chi connectivity index (χ3v) is 3.75. The van der Waals surface area contributed by atoms with Crippen molar-refractivity contribution in [1.29, 1.82) is 0 Å². The molecule has 0 atom stereocenters. The average Bonchev–Trinajstić information content (AvgIpc) is 2.97. The van der Waals surface area contributed by atoms with E-state index in [0.29, 0.717) is 17.9 Å². The molecule has 1 aromatic heterocycles. The lowest BCUT2D eigenvalue weighted by molar-refractivity contribution is -0.132. The molecule has 4 nitrogen and oxygen atoms in total. The molecular formula is C15H17NO3S. The Morgan fingerprint density at radius 2 is 2.10 bits per heavy atom. The Morgan fingerprint density at radius 1 is 1.30 bits per heavy atom. The van der Waals surface area contributed by atoms with E-state index in [1.165, 1.54) is 0 Å². The lowest BCUT2D eigenvalue weighted by atomic mass is 10.2. The van der Waals surface area contributed by atoms with Crippen molar-refractivity contribution >= 4 is 17.2 Å². The van der Waals surface area contributed by atoms with Crippen molar-refractivity contribution in [3.63, 3.8) is 0 Å². The Bertz CT molecular complexity index is 554. The average molecular weight is 291 g/mol. The molecule has 0 fully saturated rings. The highest BCUT2D eigenvalue weighted by atomic mass is 32.1. The van der Waals surface area contributed by atoms with E-state index in [2.05, 4.69) is 0 Å². The second-order valence-corrected chi connectivity index (χ2v) is 5.42. The summed E-state index contributed by atoms with van der Waals surface area (Å²) in [5.41, 5.74) is 0.682. The van der Waals surface area contributed by atoms with Crippen molar-refractivity contribution in [2.45, 2.75) is 13.2 Å². The van der Waals surface area contributed by atoms with Gasteiger partial charge in [0.15, 0.2) is 6.61 Å². The number of nitrogens with zero attached hydrogens (tertiary/aromatic N) is 1. The molecule has 2 aromatic rings. The Balaban J connectivity index is 1.88. The van der Waals surface area contributed by atoms with Crippen molar-refractivity contribution in [1.82, 2.24) is 4.90 Å². The second kappa shape index (κ2) is 7.07. The highest BCUT2D eigenvalue weighted by Crippen LogP contribution is 2.18. The maximum atomic E-state index is 12.0. The highest BCUT2D eigenvalue weighted by Gasteiger charge is 2.11. The Labute approximate surface area is 122 Å². The van der Waals surface area contributed by atoms with Gasteiger partial charge in [-0.25, -0.2) is 0 Å². The van der Waals surface area contributed by atoms with E-state index < -0.39 is 0 Å². The number of rotatable bonds is 6. The SMILES string of the molecule is CN(Cc1cccs1)C(=O)COc1ccccc1CO. The maximum absolute atomic E-state index is 12.0. The van der Waals surface area contributed by atoms with Crippen LogP contribution in [-0.2, 0) is 17.9 Å². The number of para-hydroxylation sites is 1. The number of aliphatic hydroxyl groups is 1. The summed E-state index contributed by atoms with van der Waals surface area (Å²) in [6.07, 6.45) is 0. The zero-order valence-corrected chi connectivity index (χ0v) is 12.1. The van der Waals surface area contributed by atoms with E-state index in [0.717, 1.165) is 4.88 Å².